The number of urea groups is 1. The fraction of sp³-hybridized carbons (Fsp3) is 0.278. The molecule has 178 valence electrons. The van der Waals surface area contributed by atoms with Gasteiger partial charge in [-0.15, -0.1) is 0 Å². The van der Waals surface area contributed by atoms with Crippen LogP contribution in [-0.4, -0.2) is 56.5 Å². The Labute approximate surface area is 187 Å². The summed E-state index contributed by atoms with van der Waals surface area (Å²) >= 11 is 0. The highest BCUT2D eigenvalue weighted by molar-refractivity contribution is 7.92. The number of hydrogen-bond acceptors (Lipinski definition) is 7. The second-order valence-electron chi connectivity index (χ2n) is 7.13. The number of nitrogens with zero attached hydrogens (tertiary/aromatic N) is 3. The normalized spacial score (nSPS) is 17.5. The minimum Gasteiger partial charge on any atom is -0.308 e. The van der Waals surface area contributed by atoms with E-state index in [9.17, 15) is 39.6 Å². The van der Waals surface area contributed by atoms with Crippen molar-refractivity contribution in [1.29, 1.82) is 0 Å². The number of nitrogens with one attached hydrogen (secondary N) is 1. The van der Waals surface area contributed by atoms with Crippen molar-refractivity contribution < 1.29 is 39.6 Å². The molecule has 1 saturated heterocycles. The van der Waals surface area contributed by atoms with Crippen molar-refractivity contribution >= 4 is 43.3 Å². The Morgan fingerprint density at radius 2 is 1.67 bits per heavy atom. The van der Waals surface area contributed by atoms with E-state index in [1.807, 2.05) is 0 Å². The molecule has 0 radical (unpaired) electrons. The van der Waals surface area contributed by atoms with E-state index in [1.165, 1.54) is 30.2 Å². The van der Waals surface area contributed by atoms with Gasteiger partial charge in [0.25, 0.3) is 15.7 Å². The Hall–Kier alpha value is -3.20. The summed E-state index contributed by atoms with van der Waals surface area (Å²) in [6.45, 7) is 1.35. The molecule has 0 bridgehead atoms. The molecule has 15 heteroatoms. The summed E-state index contributed by atoms with van der Waals surface area (Å²) in [5, 5.41) is 0. The van der Waals surface area contributed by atoms with E-state index in [0.717, 1.165) is 23.3 Å². The van der Waals surface area contributed by atoms with Gasteiger partial charge in [0, 0.05) is 12.7 Å². The number of rotatable bonds is 6. The molecule has 1 aliphatic heterocycles. The van der Waals surface area contributed by atoms with Crippen molar-refractivity contribution in [1.82, 2.24) is 9.88 Å². The molecule has 1 N–H and O–H groups in total. The Kier molecular flexibility index (Phi) is 6.14. The maximum Gasteiger partial charge on any atom is 0.501 e. The van der Waals surface area contributed by atoms with E-state index in [-0.39, 0.29) is 18.1 Å². The number of hydrogen-bond donors (Lipinski definition) is 1. The third-order valence-electron chi connectivity index (χ3n) is 4.66. The number of alkyl halides is 3. The smallest absolute Gasteiger partial charge is 0.308 e. The fourth-order valence-electron chi connectivity index (χ4n) is 3.07. The molecule has 0 saturated carbocycles. The molecular weight excluding hydrogens is 489 g/mol. The van der Waals surface area contributed by atoms with E-state index < -0.39 is 48.2 Å². The standard InChI is InChI=1S/C18H17F3N4O6S2/c1-11-16(26)25(13-3-5-14(6-4-13)33(30,31)18(19,20)21)17(27)24(11)10-12-7-8-22-15(9-12)23-32(2,28)29/h3-9,11H,10H2,1-2H3,(H,22,23). The average molecular weight is 506 g/mol. The first-order valence-electron chi connectivity index (χ1n) is 9.10. The van der Waals surface area contributed by atoms with Crippen LogP contribution in [0.4, 0.5) is 29.5 Å². The summed E-state index contributed by atoms with van der Waals surface area (Å²) in [6.07, 6.45) is 2.25. The minimum atomic E-state index is -5.58. The van der Waals surface area contributed by atoms with Gasteiger partial charge in [0.05, 0.1) is 16.8 Å². The quantitative estimate of drug-likeness (QED) is 0.593. The van der Waals surface area contributed by atoms with Crippen LogP contribution in [0.5, 0.6) is 0 Å². The van der Waals surface area contributed by atoms with Crippen molar-refractivity contribution in [3.8, 4) is 0 Å². The number of carbonyl (C=O) groups excluding carboxylic acids is 2. The zero-order valence-electron chi connectivity index (χ0n) is 17.1. The Bertz CT molecular complexity index is 1310. The lowest BCUT2D eigenvalue weighted by atomic mass is 10.2. The number of sulfone groups is 1. The molecule has 1 atom stereocenters. The van der Waals surface area contributed by atoms with E-state index in [2.05, 4.69) is 9.71 Å². The summed E-state index contributed by atoms with van der Waals surface area (Å²) in [5.74, 6) is -0.658. The Morgan fingerprint density at radius 3 is 2.21 bits per heavy atom. The highest BCUT2D eigenvalue weighted by Gasteiger charge is 2.47. The minimum absolute atomic E-state index is 0.0129. The number of anilines is 2. The average Bonchev–Trinajstić information content (AvgIpc) is 2.89. The molecule has 3 amide bonds. The maximum atomic E-state index is 12.9. The van der Waals surface area contributed by atoms with Crippen LogP contribution in [0.1, 0.15) is 12.5 Å². The third-order valence-corrected chi connectivity index (χ3v) is 6.74. The van der Waals surface area contributed by atoms with E-state index in [4.69, 9.17) is 0 Å². The van der Waals surface area contributed by atoms with Crippen LogP contribution in [0.2, 0.25) is 0 Å². The lowest BCUT2D eigenvalue weighted by molar-refractivity contribution is -0.119. The number of imide groups is 1. The van der Waals surface area contributed by atoms with Gasteiger partial charge in [-0.05, 0) is 48.9 Å². The van der Waals surface area contributed by atoms with E-state index in [0.29, 0.717) is 17.7 Å². The summed E-state index contributed by atoms with van der Waals surface area (Å²) < 4.78 is 86.1. The topological polar surface area (TPSA) is 134 Å². The van der Waals surface area contributed by atoms with Crippen molar-refractivity contribution in [3.63, 3.8) is 0 Å². The van der Waals surface area contributed by atoms with Gasteiger partial charge < -0.3 is 4.90 Å². The molecule has 1 fully saturated rings. The second-order valence-corrected chi connectivity index (χ2v) is 10.8. The van der Waals surface area contributed by atoms with Crippen LogP contribution in [0.15, 0.2) is 47.5 Å². The SMILES string of the molecule is CC1C(=O)N(c2ccc(S(=O)(=O)C(F)(F)F)cc2)C(=O)N1Cc1ccnc(NS(C)(=O)=O)c1. The summed E-state index contributed by atoms with van der Waals surface area (Å²) in [6, 6.07) is 4.36. The highest BCUT2D eigenvalue weighted by atomic mass is 32.2. The number of pyridine rings is 1. The molecule has 2 heterocycles. The summed E-state index contributed by atoms with van der Waals surface area (Å²) in [5.41, 5.74) is -5.14. The van der Waals surface area contributed by atoms with Crippen molar-refractivity contribution in [2.45, 2.75) is 29.9 Å². The van der Waals surface area contributed by atoms with Crippen LogP contribution in [-0.2, 0) is 31.2 Å². The molecule has 33 heavy (non-hydrogen) atoms. The number of amides is 3. The summed E-state index contributed by atoms with van der Waals surface area (Å²) in [4.78, 5) is 30.3. The second kappa shape index (κ2) is 8.30. The van der Waals surface area contributed by atoms with Crippen LogP contribution in [0, 0.1) is 0 Å². The van der Waals surface area contributed by atoms with Gasteiger partial charge in [0.15, 0.2) is 0 Å². The van der Waals surface area contributed by atoms with Gasteiger partial charge in [-0.25, -0.2) is 31.5 Å². The summed E-state index contributed by atoms with van der Waals surface area (Å²) in [7, 11) is -9.16. The molecule has 1 unspecified atom stereocenters. The lowest BCUT2D eigenvalue weighted by Crippen LogP contribution is -2.33. The van der Waals surface area contributed by atoms with Crippen molar-refractivity contribution in [2.24, 2.45) is 0 Å². The van der Waals surface area contributed by atoms with Gasteiger partial charge in [-0.2, -0.15) is 13.2 Å². The van der Waals surface area contributed by atoms with Crippen LogP contribution >= 0.6 is 0 Å². The predicted octanol–water partition coefficient (Wildman–Crippen LogP) is 2.10. The maximum absolute atomic E-state index is 12.9. The van der Waals surface area contributed by atoms with Gasteiger partial charge in [0.1, 0.15) is 11.9 Å². The lowest BCUT2D eigenvalue weighted by Gasteiger charge is -2.20. The molecule has 1 aromatic carbocycles. The number of benzene rings is 1. The molecule has 10 nitrogen and oxygen atoms in total. The molecule has 1 aliphatic rings. The zero-order valence-corrected chi connectivity index (χ0v) is 18.7. The van der Waals surface area contributed by atoms with Gasteiger partial charge in [0.2, 0.25) is 10.0 Å². The first-order valence-corrected chi connectivity index (χ1v) is 12.5. The molecule has 3 rings (SSSR count). The van der Waals surface area contributed by atoms with Crippen LogP contribution in [0.3, 0.4) is 0 Å². The molecule has 0 aliphatic carbocycles. The Balaban J connectivity index is 1.85. The predicted molar refractivity (Wildman–Crippen MR) is 110 cm³/mol. The molecule has 2 aromatic rings. The zero-order chi connectivity index (χ0) is 24.8. The number of carbonyl (C=O) groups is 2. The monoisotopic (exact) mass is 506 g/mol. The van der Waals surface area contributed by atoms with Gasteiger partial charge in [-0.3, -0.25) is 9.52 Å². The first kappa shape index (κ1) is 24.4. The molecule has 0 spiro atoms. The Morgan fingerprint density at radius 1 is 1.06 bits per heavy atom. The number of halogens is 3. The third kappa shape index (κ3) is 4.93. The number of aromatic nitrogens is 1. The molecular formula is C18H17F3N4O6S2. The van der Waals surface area contributed by atoms with Crippen LogP contribution in [0.25, 0.3) is 0 Å². The van der Waals surface area contributed by atoms with Gasteiger partial charge in [-0.1, -0.05) is 0 Å². The van der Waals surface area contributed by atoms with E-state index in [1.54, 1.807) is 0 Å². The highest BCUT2D eigenvalue weighted by Crippen LogP contribution is 2.32. The first-order chi connectivity index (χ1) is 15.1. The fourth-order valence-corrected chi connectivity index (χ4v) is 4.33. The largest absolute Gasteiger partial charge is 0.501 e. The van der Waals surface area contributed by atoms with E-state index >= 15 is 0 Å². The molecule has 1 aromatic heterocycles. The van der Waals surface area contributed by atoms with Crippen LogP contribution < -0.4 is 9.62 Å². The van der Waals surface area contributed by atoms with Crippen molar-refractivity contribution in [3.05, 3.63) is 48.2 Å². The van der Waals surface area contributed by atoms with Crippen molar-refractivity contribution in [2.75, 3.05) is 15.9 Å². The van der Waals surface area contributed by atoms with Gasteiger partial charge >= 0.3 is 11.5 Å². The number of sulfonamides is 1.